The molecule has 0 atom stereocenters. The van der Waals surface area contributed by atoms with Gasteiger partial charge in [0, 0.05) is 17.5 Å². The highest BCUT2D eigenvalue weighted by molar-refractivity contribution is 7.91. The fraction of sp³-hybridized carbons (Fsp3) is 0.222. The first-order valence-electron chi connectivity index (χ1n) is 7.97. The zero-order valence-electron chi connectivity index (χ0n) is 14.7. The Morgan fingerprint density at radius 3 is 2.56 bits per heavy atom. The topological polar surface area (TPSA) is 94.1 Å². The summed E-state index contributed by atoms with van der Waals surface area (Å²) in [5.74, 6) is -0.396. The number of benzene rings is 2. The summed E-state index contributed by atoms with van der Waals surface area (Å²) in [6.07, 6.45) is 0.0744. The molecular weight excluding hydrogens is 375 g/mol. The Morgan fingerprint density at radius 1 is 1.11 bits per heavy atom. The van der Waals surface area contributed by atoms with E-state index in [-0.39, 0.29) is 28.2 Å². The van der Waals surface area contributed by atoms with Gasteiger partial charge in [-0.1, -0.05) is 0 Å². The maximum Gasteiger partial charge on any atom is 0.271 e. The number of amides is 1. The van der Waals surface area contributed by atoms with Crippen LogP contribution in [0.4, 0.5) is 4.39 Å². The van der Waals surface area contributed by atoms with E-state index in [1.165, 1.54) is 32.4 Å². The van der Waals surface area contributed by atoms with Crippen molar-refractivity contribution in [1.29, 1.82) is 0 Å². The molecule has 2 aromatic carbocycles. The van der Waals surface area contributed by atoms with Crippen molar-refractivity contribution in [3.63, 3.8) is 0 Å². The molecule has 7 nitrogen and oxygen atoms in total. The van der Waals surface area contributed by atoms with Crippen molar-refractivity contribution in [1.82, 2.24) is 5.43 Å². The molecule has 1 N–H and O–H groups in total. The normalized spacial score (nSPS) is 16.5. The average molecular weight is 392 g/mol. The van der Waals surface area contributed by atoms with Crippen LogP contribution in [0.1, 0.15) is 22.3 Å². The number of carbonyl (C=O) groups excluding carboxylic acids is 1. The Labute approximate surface area is 155 Å². The Morgan fingerprint density at radius 2 is 1.85 bits per heavy atom. The molecule has 27 heavy (non-hydrogen) atoms. The molecule has 1 aliphatic rings. The van der Waals surface area contributed by atoms with Gasteiger partial charge in [-0.3, -0.25) is 4.79 Å². The molecule has 142 valence electrons. The summed E-state index contributed by atoms with van der Waals surface area (Å²) in [7, 11) is -0.554. The van der Waals surface area contributed by atoms with E-state index in [1.54, 1.807) is 6.07 Å². The van der Waals surface area contributed by atoms with Gasteiger partial charge < -0.3 is 9.47 Å². The number of halogens is 1. The van der Waals surface area contributed by atoms with Gasteiger partial charge in [0.25, 0.3) is 5.91 Å². The van der Waals surface area contributed by atoms with Crippen LogP contribution >= 0.6 is 0 Å². The Bertz CT molecular complexity index is 1030. The van der Waals surface area contributed by atoms with E-state index in [0.29, 0.717) is 17.2 Å². The van der Waals surface area contributed by atoms with E-state index in [2.05, 4.69) is 10.5 Å². The molecule has 2 aromatic rings. The molecule has 9 heteroatoms. The molecule has 1 amide bonds. The summed E-state index contributed by atoms with van der Waals surface area (Å²) in [5, 5.41) is 4.02. The summed E-state index contributed by atoms with van der Waals surface area (Å²) < 4.78 is 48.1. The number of fused-ring (bicyclic) bond motifs is 1. The van der Waals surface area contributed by atoms with Gasteiger partial charge in [-0.2, -0.15) is 5.10 Å². The molecule has 0 unspecified atom stereocenters. The second-order valence-electron chi connectivity index (χ2n) is 5.78. The predicted molar refractivity (Wildman–Crippen MR) is 96.6 cm³/mol. The third-order valence-electron chi connectivity index (χ3n) is 4.13. The number of methoxy groups -OCH3 is 2. The molecule has 0 aromatic heterocycles. The van der Waals surface area contributed by atoms with Gasteiger partial charge in [0.2, 0.25) is 0 Å². The second kappa shape index (κ2) is 7.36. The largest absolute Gasteiger partial charge is 0.493 e. The third kappa shape index (κ3) is 3.77. The van der Waals surface area contributed by atoms with E-state index in [9.17, 15) is 17.6 Å². The van der Waals surface area contributed by atoms with Crippen molar-refractivity contribution in [3.8, 4) is 11.5 Å². The van der Waals surface area contributed by atoms with Gasteiger partial charge >= 0.3 is 0 Å². The van der Waals surface area contributed by atoms with Crippen molar-refractivity contribution >= 4 is 21.5 Å². The number of nitrogens with zero attached hydrogens (tertiary/aromatic N) is 1. The van der Waals surface area contributed by atoms with Gasteiger partial charge in [-0.15, -0.1) is 0 Å². The molecule has 1 aliphatic heterocycles. The van der Waals surface area contributed by atoms with Crippen molar-refractivity contribution in [2.24, 2.45) is 5.10 Å². The number of hydrogen-bond acceptors (Lipinski definition) is 6. The Hall–Kier alpha value is -2.94. The minimum atomic E-state index is -3.49. The molecule has 0 bridgehead atoms. The SMILES string of the molecule is COc1ccc(C(=O)N/N=C2/CCS(=O)(=O)c3ccc(F)cc32)cc1OC. The van der Waals surface area contributed by atoms with Crippen LogP contribution in [0.15, 0.2) is 46.4 Å². The quantitative estimate of drug-likeness (QED) is 0.636. The zero-order chi connectivity index (χ0) is 19.6. The lowest BCUT2D eigenvalue weighted by Gasteiger charge is -2.18. The minimum absolute atomic E-state index is 0.00858. The van der Waals surface area contributed by atoms with Crippen molar-refractivity contribution in [2.45, 2.75) is 11.3 Å². The third-order valence-corrected chi connectivity index (χ3v) is 5.90. The van der Waals surface area contributed by atoms with E-state index in [0.717, 1.165) is 12.1 Å². The van der Waals surface area contributed by atoms with Crippen LogP contribution in [0.25, 0.3) is 0 Å². The lowest BCUT2D eigenvalue weighted by molar-refractivity contribution is 0.0954. The van der Waals surface area contributed by atoms with Crippen LogP contribution in [0.5, 0.6) is 11.5 Å². The monoisotopic (exact) mass is 392 g/mol. The summed E-state index contributed by atoms with van der Waals surface area (Å²) in [5.41, 5.74) is 3.12. The van der Waals surface area contributed by atoms with Crippen molar-refractivity contribution in [2.75, 3.05) is 20.0 Å². The van der Waals surface area contributed by atoms with Gasteiger partial charge in [0.15, 0.2) is 21.3 Å². The number of hydrazone groups is 1. The predicted octanol–water partition coefficient (Wildman–Crippen LogP) is 2.15. The summed E-state index contributed by atoms with van der Waals surface area (Å²) in [6, 6.07) is 8.02. The summed E-state index contributed by atoms with van der Waals surface area (Å²) >= 11 is 0. The fourth-order valence-corrected chi connectivity index (χ4v) is 4.22. The van der Waals surface area contributed by atoms with Crippen molar-refractivity contribution in [3.05, 3.63) is 53.3 Å². The lowest BCUT2D eigenvalue weighted by Crippen LogP contribution is -2.26. The van der Waals surface area contributed by atoms with Crippen LogP contribution in [0.2, 0.25) is 0 Å². The Kier molecular flexibility index (Phi) is 5.13. The standard InChI is InChI=1S/C18H17FN2O5S/c1-25-15-5-3-11(9-16(15)26-2)18(22)21-20-14-7-8-27(23,24)17-6-4-12(19)10-13(14)17/h3-6,9-10H,7-8H2,1-2H3,(H,21,22)/b20-14-. The zero-order valence-corrected chi connectivity index (χ0v) is 15.5. The highest BCUT2D eigenvalue weighted by atomic mass is 32.2. The number of sulfone groups is 1. The van der Waals surface area contributed by atoms with Gasteiger partial charge in [-0.25, -0.2) is 18.2 Å². The smallest absolute Gasteiger partial charge is 0.271 e. The lowest BCUT2D eigenvalue weighted by atomic mass is 10.1. The first kappa shape index (κ1) is 18.8. The van der Waals surface area contributed by atoms with E-state index in [1.807, 2.05) is 0 Å². The molecule has 0 spiro atoms. The molecule has 3 rings (SSSR count). The number of hydrogen-bond donors (Lipinski definition) is 1. The van der Waals surface area contributed by atoms with Crippen LogP contribution in [0.3, 0.4) is 0 Å². The molecular formula is C18H17FN2O5S. The number of rotatable bonds is 4. The van der Waals surface area contributed by atoms with Crippen molar-refractivity contribution < 1.29 is 27.1 Å². The molecule has 0 saturated heterocycles. The summed E-state index contributed by atoms with van der Waals surface area (Å²) in [4.78, 5) is 12.4. The van der Waals surface area contributed by atoms with Gasteiger partial charge in [0.05, 0.1) is 30.6 Å². The maximum absolute atomic E-state index is 13.6. The fourth-order valence-electron chi connectivity index (χ4n) is 2.75. The first-order valence-corrected chi connectivity index (χ1v) is 9.62. The van der Waals surface area contributed by atoms with Crippen LogP contribution in [0, 0.1) is 5.82 Å². The van der Waals surface area contributed by atoms with Gasteiger partial charge in [0.1, 0.15) is 5.82 Å². The van der Waals surface area contributed by atoms with E-state index >= 15 is 0 Å². The van der Waals surface area contributed by atoms with Gasteiger partial charge in [-0.05, 0) is 36.4 Å². The maximum atomic E-state index is 13.6. The van der Waals surface area contributed by atoms with Crippen LogP contribution in [-0.4, -0.2) is 40.0 Å². The summed E-state index contributed by atoms with van der Waals surface area (Å²) in [6.45, 7) is 0. The molecule has 0 radical (unpaired) electrons. The average Bonchev–Trinajstić information content (AvgIpc) is 2.66. The van der Waals surface area contributed by atoms with Crippen LogP contribution < -0.4 is 14.9 Å². The molecule has 0 aliphatic carbocycles. The first-order chi connectivity index (χ1) is 12.9. The second-order valence-corrected chi connectivity index (χ2v) is 7.86. The number of nitrogens with one attached hydrogen (secondary N) is 1. The van der Waals surface area contributed by atoms with E-state index in [4.69, 9.17) is 9.47 Å². The highest BCUT2D eigenvalue weighted by Crippen LogP contribution is 2.28. The molecule has 1 heterocycles. The number of ether oxygens (including phenoxy) is 2. The van der Waals surface area contributed by atoms with E-state index < -0.39 is 21.6 Å². The Balaban J connectivity index is 1.88. The van der Waals surface area contributed by atoms with Crippen LogP contribution in [-0.2, 0) is 9.84 Å². The minimum Gasteiger partial charge on any atom is -0.493 e. The number of carbonyl (C=O) groups is 1. The molecule has 0 fully saturated rings. The highest BCUT2D eigenvalue weighted by Gasteiger charge is 2.28. The molecule has 0 saturated carbocycles.